The Morgan fingerprint density at radius 3 is 2.72 bits per heavy atom. The number of nitrogen functional groups attached to an aromatic ring is 1. The molecule has 0 spiro atoms. The molecule has 1 aromatic rings. The van der Waals surface area contributed by atoms with Crippen LogP contribution in [0.2, 0.25) is 0 Å². The molecule has 2 N–H and O–H groups in total. The summed E-state index contributed by atoms with van der Waals surface area (Å²) < 4.78 is 5.39. The highest BCUT2D eigenvalue weighted by Crippen LogP contribution is 2.22. The van der Waals surface area contributed by atoms with Gasteiger partial charge in [0.2, 0.25) is 5.91 Å². The fraction of sp³-hybridized carbons (Fsp3) is 0.500. The van der Waals surface area contributed by atoms with E-state index in [1.54, 1.807) is 4.90 Å². The molecule has 1 amide bonds. The second-order valence-electron chi connectivity index (χ2n) is 4.59. The zero-order chi connectivity index (χ0) is 13.0. The van der Waals surface area contributed by atoms with Crippen LogP contribution >= 0.6 is 0 Å². The highest BCUT2D eigenvalue weighted by molar-refractivity contribution is 5.95. The quantitative estimate of drug-likeness (QED) is 0.833. The molecule has 0 aromatic heterocycles. The fourth-order valence-corrected chi connectivity index (χ4v) is 2.28. The Morgan fingerprint density at radius 2 is 2.17 bits per heavy atom. The molecule has 4 nitrogen and oxygen atoms in total. The molecule has 98 valence electrons. The van der Waals surface area contributed by atoms with Crippen molar-refractivity contribution in [3.63, 3.8) is 0 Å². The predicted octanol–water partition coefficient (Wildman–Crippen LogP) is 2.05. The van der Waals surface area contributed by atoms with Crippen molar-refractivity contribution in [3.05, 3.63) is 24.3 Å². The maximum Gasteiger partial charge on any atom is 0.232 e. The number of carbonyl (C=O) groups is 1. The van der Waals surface area contributed by atoms with Gasteiger partial charge in [-0.2, -0.15) is 0 Å². The second-order valence-corrected chi connectivity index (χ2v) is 4.59. The van der Waals surface area contributed by atoms with E-state index in [2.05, 4.69) is 0 Å². The van der Waals surface area contributed by atoms with Crippen LogP contribution in [0.3, 0.4) is 0 Å². The Morgan fingerprint density at radius 1 is 1.44 bits per heavy atom. The Hall–Kier alpha value is -1.55. The Labute approximate surface area is 108 Å². The molecule has 1 unspecified atom stereocenters. The molecule has 1 heterocycles. The third-order valence-electron chi connectivity index (χ3n) is 3.30. The summed E-state index contributed by atoms with van der Waals surface area (Å²) in [4.78, 5) is 14.2. The molecule has 1 aromatic carbocycles. The molecule has 1 aliphatic heterocycles. The molecule has 1 atom stereocenters. The lowest BCUT2D eigenvalue weighted by molar-refractivity contribution is -0.126. The highest BCUT2D eigenvalue weighted by atomic mass is 16.5. The maximum atomic E-state index is 12.4. The number of benzene rings is 1. The number of ether oxygens (including phenoxy) is 1. The van der Waals surface area contributed by atoms with Gasteiger partial charge in [0.05, 0.1) is 12.5 Å². The number of nitrogens with zero attached hydrogens (tertiary/aromatic N) is 1. The van der Waals surface area contributed by atoms with E-state index in [4.69, 9.17) is 10.5 Å². The highest BCUT2D eigenvalue weighted by Gasteiger charge is 2.26. The van der Waals surface area contributed by atoms with Gasteiger partial charge in [-0.25, -0.2) is 0 Å². The minimum atomic E-state index is -0.00347. The van der Waals surface area contributed by atoms with Gasteiger partial charge in [-0.15, -0.1) is 0 Å². The van der Waals surface area contributed by atoms with Crippen LogP contribution in [0.4, 0.5) is 11.4 Å². The van der Waals surface area contributed by atoms with Crippen molar-refractivity contribution in [1.82, 2.24) is 0 Å². The molecular formula is C14H20N2O2. The van der Waals surface area contributed by atoms with E-state index in [1.807, 2.05) is 31.2 Å². The molecule has 0 aliphatic carbocycles. The van der Waals surface area contributed by atoms with E-state index in [9.17, 15) is 4.79 Å². The molecule has 4 heteroatoms. The summed E-state index contributed by atoms with van der Waals surface area (Å²) in [5.74, 6) is 0.151. The Balaban J connectivity index is 2.12. The van der Waals surface area contributed by atoms with Gasteiger partial charge in [0, 0.05) is 24.5 Å². The van der Waals surface area contributed by atoms with Crippen molar-refractivity contribution in [2.75, 3.05) is 30.4 Å². The zero-order valence-corrected chi connectivity index (χ0v) is 10.8. The predicted molar refractivity (Wildman–Crippen MR) is 72.4 cm³/mol. The Bertz CT molecular complexity index is 397. The average molecular weight is 248 g/mol. The van der Waals surface area contributed by atoms with E-state index in [-0.39, 0.29) is 11.8 Å². The van der Waals surface area contributed by atoms with Crippen molar-refractivity contribution in [2.24, 2.45) is 5.92 Å². The smallest absolute Gasteiger partial charge is 0.232 e. The zero-order valence-electron chi connectivity index (χ0n) is 10.8. The molecule has 1 fully saturated rings. The lowest BCUT2D eigenvalue weighted by Gasteiger charge is -2.28. The second kappa shape index (κ2) is 5.87. The summed E-state index contributed by atoms with van der Waals surface area (Å²) in [7, 11) is 0. The van der Waals surface area contributed by atoms with Gasteiger partial charge < -0.3 is 15.4 Å². The number of carbonyl (C=O) groups excluding carboxylic acids is 1. The normalized spacial score (nSPS) is 19.5. The van der Waals surface area contributed by atoms with Crippen molar-refractivity contribution in [1.29, 1.82) is 0 Å². The van der Waals surface area contributed by atoms with Crippen LogP contribution in [-0.4, -0.2) is 25.7 Å². The first-order valence-corrected chi connectivity index (χ1v) is 6.47. The lowest BCUT2D eigenvalue weighted by Crippen LogP contribution is -2.39. The van der Waals surface area contributed by atoms with E-state index >= 15 is 0 Å². The van der Waals surface area contributed by atoms with Crippen LogP contribution in [0.5, 0.6) is 0 Å². The van der Waals surface area contributed by atoms with Crippen LogP contribution in [0, 0.1) is 5.92 Å². The summed E-state index contributed by atoms with van der Waals surface area (Å²) >= 11 is 0. The fourth-order valence-electron chi connectivity index (χ4n) is 2.28. The summed E-state index contributed by atoms with van der Waals surface area (Å²) in [6, 6.07) is 7.42. The molecule has 0 radical (unpaired) electrons. The number of hydrogen-bond donors (Lipinski definition) is 1. The van der Waals surface area contributed by atoms with Crippen molar-refractivity contribution >= 4 is 17.3 Å². The minimum Gasteiger partial charge on any atom is -0.399 e. The first-order valence-electron chi connectivity index (χ1n) is 6.47. The van der Waals surface area contributed by atoms with E-state index in [1.165, 1.54) is 0 Å². The molecule has 18 heavy (non-hydrogen) atoms. The topological polar surface area (TPSA) is 55.6 Å². The van der Waals surface area contributed by atoms with E-state index < -0.39 is 0 Å². The Kier molecular flexibility index (Phi) is 4.20. The first kappa shape index (κ1) is 12.9. The maximum absolute atomic E-state index is 12.4. The van der Waals surface area contributed by atoms with Gasteiger partial charge in [0.15, 0.2) is 0 Å². The number of amides is 1. The van der Waals surface area contributed by atoms with Crippen LogP contribution in [0.1, 0.15) is 19.8 Å². The van der Waals surface area contributed by atoms with Gasteiger partial charge in [0.1, 0.15) is 0 Å². The van der Waals surface area contributed by atoms with Crippen LogP contribution in [0.25, 0.3) is 0 Å². The van der Waals surface area contributed by atoms with Gasteiger partial charge >= 0.3 is 0 Å². The summed E-state index contributed by atoms with van der Waals surface area (Å²) in [5.41, 5.74) is 7.28. The molecule has 2 rings (SSSR count). The number of rotatable bonds is 3. The lowest BCUT2D eigenvalue weighted by atomic mass is 10.0. The van der Waals surface area contributed by atoms with Crippen LogP contribution in [-0.2, 0) is 9.53 Å². The van der Waals surface area contributed by atoms with Gasteiger partial charge in [-0.05, 0) is 44.0 Å². The van der Waals surface area contributed by atoms with Gasteiger partial charge in [-0.3, -0.25) is 4.79 Å². The molecular weight excluding hydrogens is 228 g/mol. The SMILES string of the molecule is CCN(C(=O)C1CCCOC1)c1ccc(N)cc1. The number of anilines is 2. The van der Waals surface area contributed by atoms with E-state index in [0.717, 1.165) is 25.1 Å². The van der Waals surface area contributed by atoms with Crippen LogP contribution in [0.15, 0.2) is 24.3 Å². The molecule has 1 aliphatic rings. The summed E-state index contributed by atoms with van der Waals surface area (Å²) in [6.45, 7) is 3.97. The molecule has 0 saturated carbocycles. The average Bonchev–Trinajstić information content (AvgIpc) is 2.42. The van der Waals surface area contributed by atoms with Gasteiger partial charge in [-0.1, -0.05) is 0 Å². The summed E-state index contributed by atoms with van der Waals surface area (Å²) in [5, 5.41) is 0. The standard InChI is InChI=1S/C14H20N2O2/c1-2-16(13-7-5-12(15)6-8-13)14(17)11-4-3-9-18-10-11/h5-8,11H,2-4,9-10,15H2,1H3. The molecule has 0 bridgehead atoms. The van der Waals surface area contributed by atoms with Gasteiger partial charge in [0.25, 0.3) is 0 Å². The first-order chi connectivity index (χ1) is 8.72. The minimum absolute atomic E-state index is 0.00347. The molecule has 1 saturated heterocycles. The number of hydrogen-bond acceptors (Lipinski definition) is 3. The summed E-state index contributed by atoms with van der Waals surface area (Å²) in [6.07, 6.45) is 1.89. The monoisotopic (exact) mass is 248 g/mol. The number of nitrogens with two attached hydrogens (primary N) is 1. The third-order valence-corrected chi connectivity index (χ3v) is 3.30. The van der Waals surface area contributed by atoms with E-state index in [0.29, 0.717) is 18.8 Å². The van der Waals surface area contributed by atoms with Crippen molar-refractivity contribution in [3.8, 4) is 0 Å². The van der Waals surface area contributed by atoms with Crippen molar-refractivity contribution < 1.29 is 9.53 Å². The largest absolute Gasteiger partial charge is 0.399 e. The van der Waals surface area contributed by atoms with Crippen molar-refractivity contribution in [2.45, 2.75) is 19.8 Å². The van der Waals surface area contributed by atoms with Crippen LogP contribution < -0.4 is 10.6 Å². The third kappa shape index (κ3) is 2.82.